The first-order chi connectivity index (χ1) is 11.7. The number of nitrogens with zero attached hydrogens (tertiary/aromatic N) is 1. The van der Waals surface area contributed by atoms with E-state index in [-0.39, 0.29) is 37.1 Å². The number of anilines is 1. The van der Waals surface area contributed by atoms with Crippen molar-refractivity contribution in [1.82, 2.24) is 4.98 Å². The molecule has 1 saturated carbocycles. The Balaban J connectivity index is 0.00000182. The zero-order valence-electron chi connectivity index (χ0n) is 13.6. The highest BCUT2D eigenvalue weighted by molar-refractivity contribution is 7.14. The monoisotopic (exact) mass is 381 g/mol. The molecule has 1 aromatic heterocycles. The van der Waals surface area contributed by atoms with Crippen LogP contribution < -0.4 is 20.5 Å². The van der Waals surface area contributed by atoms with Gasteiger partial charge in [-0.2, -0.15) is 0 Å². The minimum Gasteiger partial charge on any atom is -0.454 e. The minimum absolute atomic E-state index is 0. The molecule has 25 heavy (non-hydrogen) atoms. The van der Waals surface area contributed by atoms with Gasteiger partial charge < -0.3 is 20.5 Å². The van der Waals surface area contributed by atoms with E-state index in [1.54, 1.807) is 0 Å². The Labute approximate surface area is 156 Å². The number of fused-ring (bicyclic) bond motifs is 1. The number of carbonyl (C=O) groups is 1. The number of aromatic nitrogens is 1. The van der Waals surface area contributed by atoms with E-state index in [1.165, 1.54) is 11.3 Å². The second-order valence-electron chi connectivity index (χ2n) is 6.22. The largest absolute Gasteiger partial charge is 0.454 e. The maximum atomic E-state index is 12.4. The number of rotatable bonds is 3. The van der Waals surface area contributed by atoms with Crippen molar-refractivity contribution >= 4 is 34.8 Å². The summed E-state index contributed by atoms with van der Waals surface area (Å²) in [6.45, 7) is 0.251. The van der Waals surface area contributed by atoms with E-state index < -0.39 is 0 Å². The highest BCUT2D eigenvalue weighted by Crippen LogP contribution is 2.36. The topological polar surface area (TPSA) is 86.5 Å². The van der Waals surface area contributed by atoms with Crippen LogP contribution in [0.4, 0.5) is 5.13 Å². The van der Waals surface area contributed by atoms with E-state index in [0.29, 0.717) is 5.13 Å². The summed E-state index contributed by atoms with van der Waals surface area (Å²) in [5.74, 6) is 1.49. The SMILES string of the molecule is Cl.NC1CCCC(C(=O)Nc2nc(-c3ccc4c(c3)OCO4)cs2)C1. The highest BCUT2D eigenvalue weighted by atomic mass is 35.5. The average Bonchev–Trinajstić information content (AvgIpc) is 3.23. The Kier molecular flexibility index (Phi) is 5.46. The lowest BCUT2D eigenvalue weighted by atomic mass is 9.86. The molecule has 0 spiro atoms. The second kappa shape index (κ2) is 7.59. The van der Waals surface area contributed by atoms with Gasteiger partial charge in [-0.05, 0) is 37.5 Å². The van der Waals surface area contributed by atoms with Crippen LogP contribution in [0, 0.1) is 5.92 Å². The molecule has 0 radical (unpaired) electrons. The predicted molar refractivity (Wildman–Crippen MR) is 99.5 cm³/mol. The first-order valence-electron chi connectivity index (χ1n) is 8.11. The molecule has 1 fully saturated rings. The second-order valence-corrected chi connectivity index (χ2v) is 7.08. The Bertz CT molecular complexity index is 767. The fourth-order valence-corrected chi connectivity index (χ4v) is 3.92. The van der Waals surface area contributed by atoms with Gasteiger partial charge in [0, 0.05) is 22.9 Å². The summed E-state index contributed by atoms with van der Waals surface area (Å²) in [6, 6.07) is 5.85. The maximum Gasteiger partial charge on any atom is 0.231 e. The van der Waals surface area contributed by atoms with E-state index >= 15 is 0 Å². The molecule has 0 bridgehead atoms. The maximum absolute atomic E-state index is 12.4. The summed E-state index contributed by atoms with van der Waals surface area (Å²) in [6.07, 6.45) is 3.68. The lowest BCUT2D eigenvalue weighted by Crippen LogP contribution is -2.34. The van der Waals surface area contributed by atoms with Crippen molar-refractivity contribution in [2.24, 2.45) is 11.7 Å². The number of nitrogens with two attached hydrogens (primary N) is 1. The fraction of sp³-hybridized carbons (Fsp3) is 0.412. The van der Waals surface area contributed by atoms with E-state index in [2.05, 4.69) is 10.3 Å². The van der Waals surface area contributed by atoms with Crippen molar-refractivity contribution in [2.45, 2.75) is 31.7 Å². The van der Waals surface area contributed by atoms with Gasteiger partial charge in [-0.3, -0.25) is 4.79 Å². The Hall–Kier alpha value is -1.83. The van der Waals surface area contributed by atoms with Crippen LogP contribution in [-0.4, -0.2) is 23.7 Å². The fourth-order valence-electron chi connectivity index (χ4n) is 3.19. The zero-order chi connectivity index (χ0) is 16.5. The molecule has 2 aliphatic rings. The first kappa shape index (κ1) is 18.0. The van der Waals surface area contributed by atoms with Crippen LogP contribution in [0.1, 0.15) is 25.7 Å². The van der Waals surface area contributed by atoms with Gasteiger partial charge >= 0.3 is 0 Å². The number of hydrogen-bond donors (Lipinski definition) is 2. The van der Waals surface area contributed by atoms with Crippen LogP contribution in [0.5, 0.6) is 11.5 Å². The quantitative estimate of drug-likeness (QED) is 0.850. The standard InChI is InChI=1S/C17H19N3O3S.ClH/c18-12-3-1-2-11(6-12)16(21)20-17-19-13(8-24-17)10-4-5-14-15(7-10)23-9-22-14;/h4-5,7-8,11-12H,1-3,6,9,18H2,(H,19,20,21);1H. The smallest absolute Gasteiger partial charge is 0.231 e. The van der Waals surface area contributed by atoms with Crippen molar-refractivity contribution in [3.05, 3.63) is 23.6 Å². The predicted octanol–water partition coefficient (Wildman–Crippen LogP) is 3.42. The van der Waals surface area contributed by atoms with Crippen molar-refractivity contribution in [1.29, 1.82) is 0 Å². The van der Waals surface area contributed by atoms with Crippen LogP contribution in [0.15, 0.2) is 23.6 Å². The summed E-state index contributed by atoms with van der Waals surface area (Å²) in [5.41, 5.74) is 7.72. The van der Waals surface area contributed by atoms with E-state index in [0.717, 1.165) is 48.4 Å². The number of thiazole rings is 1. The van der Waals surface area contributed by atoms with Crippen molar-refractivity contribution in [3.8, 4) is 22.8 Å². The molecule has 2 aromatic rings. The number of amides is 1. The van der Waals surface area contributed by atoms with Gasteiger partial charge in [-0.1, -0.05) is 6.42 Å². The average molecular weight is 382 g/mol. The number of benzene rings is 1. The van der Waals surface area contributed by atoms with Gasteiger partial charge in [0.25, 0.3) is 0 Å². The van der Waals surface area contributed by atoms with Crippen LogP contribution in [0.2, 0.25) is 0 Å². The Morgan fingerprint density at radius 2 is 2.12 bits per heavy atom. The summed E-state index contributed by atoms with van der Waals surface area (Å²) < 4.78 is 10.7. The van der Waals surface area contributed by atoms with Crippen molar-refractivity contribution in [2.75, 3.05) is 12.1 Å². The van der Waals surface area contributed by atoms with Crippen LogP contribution in [-0.2, 0) is 4.79 Å². The minimum atomic E-state index is -0.00774. The summed E-state index contributed by atoms with van der Waals surface area (Å²) in [4.78, 5) is 16.9. The number of carbonyl (C=O) groups excluding carboxylic acids is 1. The molecule has 1 aromatic carbocycles. The molecule has 134 valence electrons. The molecule has 6 nitrogen and oxygen atoms in total. The summed E-state index contributed by atoms with van der Waals surface area (Å²) >= 11 is 1.42. The first-order valence-corrected chi connectivity index (χ1v) is 8.99. The lowest BCUT2D eigenvalue weighted by Gasteiger charge is -2.25. The van der Waals surface area contributed by atoms with Crippen LogP contribution >= 0.6 is 23.7 Å². The lowest BCUT2D eigenvalue weighted by molar-refractivity contribution is -0.120. The highest BCUT2D eigenvalue weighted by Gasteiger charge is 2.26. The zero-order valence-corrected chi connectivity index (χ0v) is 15.2. The number of hydrogen-bond acceptors (Lipinski definition) is 6. The van der Waals surface area contributed by atoms with Gasteiger partial charge in [-0.15, -0.1) is 23.7 Å². The molecular formula is C17H20ClN3O3S. The molecule has 0 saturated heterocycles. The van der Waals surface area contributed by atoms with Crippen molar-refractivity contribution in [3.63, 3.8) is 0 Å². The van der Waals surface area contributed by atoms with Gasteiger partial charge in [0.2, 0.25) is 12.7 Å². The molecule has 3 N–H and O–H groups in total. The Morgan fingerprint density at radius 1 is 1.28 bits per heavy atom. The van der Waals surface area contributed by atoms with Crippen molar-refractivity contribution < 1.29 is 14.3 Å². The molecule has 1 aliphatic carbocycles. The normalized spacial score (nSPS) is 21.5. The molecule has 1 aliphatic heterocycles. The molecular weight excluding hydrogens is 362 g/mol. The number of halogens is 1. The third-order valence-corrected chi connectivity index (χ3v) is 5.25. The third-order valence-electron chi connectivity index (χ3n) is 4.49. The van der Waals surface area contributed by atoms with Gasteiger partial charge in [0.15, 0.2) is 16.6 Å². The Morgan fingerprint density at radius 3 is 2.96 bits per heavy atom. The van der Waals surface area contributed by atoms with Gasteiger partial charge in [-0.25, -0.2) is 4.98 Å². The molecule has 1 amide bonds. The number of nitrogens with one attached hydrogen (secondary N) is 1. The van der Waals surface area contributed by atoms with Gasteiger partial charge in [0.1, 0.15) is 0 Å². The third kappa shape index (κ3) is 3.89. The molecule has 8 heteroatoms. The van der Waals surface area contributed by atoms with E-state index in [1.807, 2.05) is 23.6 Å². The number of ether oxygens (including phenoxy) is 2. The van der Waals surface area contributed by atoms with Crippen LogP contribution in [0.3, 0.4) is 0 Å². The van der Waals surface area contributed by atoms with Gasteiger partial charge in [0.05, 0.1) is 5.69 Å². The molecule has 2 heterocycles. The summed E-state index contributed by atoms with van der Waals surface area (Å²) in [5, 5.41) is 5.48. The van der Waals surface area contributed by atoms with E-state index in [4.69, 9.17) is 15.2 Å². The van der Waals surface area contributed by atoms with E-state index in [9.17, 15) is 4.79 Å². The summed E-state index contributed by atoms with van der Waals surface area (Å²) in [7, 11) is 0. The molecule has 2 atom stereocenters. The molecule has 2 unspecified atom stereocenters. The molecule has 4 rings (SSSR count). The van der Waals surface area contributed by atoms with Crippen LogP contribution in [0.25, 0.3) is 11.3 Å².